The fourth-order valence-electron chi connectivity index (χ4n) is 1.93. The molecule has 0 aliphatic heterocycles. The third-order valence-corrected chi connectivity index (χ3v) is 3.14. The van der Waals surface area contributed by atoms with Crippen LogP contribution in [0.15, 0.2) is 28.8 Å². The van der Waals surface area contributed by atoms with Crippen LogP contribution in [0.2, 0.25) is 0 Å². The summed E-state index contributed by atoms with van der Waals surface area (Å²) in [6.45, 7) is 0. The molecule has 0 unspecified atom stereocenters. The van der Waals surface area contributed by atoms with Crippen molar-refractivity contribution in [3.8, 4) is 5.75 Å². The number of nitrogens with zero attached hydrogens (tertiary/aromatic N) is 2. The molecule has 3 rings (SSSR count). The molecule has 18 heavy (non-hydrogen) atoms. The molecular weight excluding hydrogens is 230 g/mol. The zero-order valence-electron chi connectivity index (χ0n) is 10.2. The van der Waals surface area contributed by atoms with E-state index in [2.05, 4.69) is 10.1 Å². The van der Waals surface area contributed by atoms with E-state index in [0.29, 0.717) is 17.6 Å². The lowest BCUT2D eigenvalue weighted by Gasteiger charge is -2.11. The minimum atomic E-state index is -0.419. The van der Waals surface area contributed by atoms with Crippen molar-refractivity contribution in [2.75, 3.05) is 7.11 Å². The molecule has 1 saturated carbocycles. The Morgan fingerprint density at radius 3 is 2.89 bits per heavy atom. The summed E-state index contributed by atoms with van der Waals surface area (Å²) in [5, 5.41) is 3.96. The van der Waals surface area contributed by atoms with Crippen molar-refractivity contribution in [2.45, 2.75) is 24.8 Å². The number of hydrogen-bond acceptors (Lipinski definition) is 5. The molecule has 1 aromatic heterocycles. The maximum atomic E-state index is 6.16. The summed E-state index contributed by atoms with van der Waals surface area (Å²) in [6, 6.07) is 7.19. The maximum Gasteiger partial charge on any atom is 0.229 e. The molecule has 5 nitrogen and oxygen atoms in total. The zero-order chi connectivity index (χ0) is 12.5. The van der Waals surface area contributed by atoms with Crippen molar-refractivity contribution in [1.82, 2.24) is 10.1 Å². The third-order valence-electron chi connectivity index (χ3n) is 3.14. The van der Waals surface area contributed by atoms with Gasteiger partial charge in [-0.15, -0.1) is 0 Å². The fraction of sp³-hybridized carbons (Fsp3) is 0.385. The number of rotatable bonds is 4. The Balaban J connectivity index is 1.89. The van der Waals surface area contributed by atoms with Crippen molar-refractivity contribution >= 4 is 0 Å². The van der Waals surface area contributed by atoms with Gasteiger partial charge in [0, 0.05) is 11.5 Å². The first kappa shape index (κ1) is 11.2. The van der Waals surface area contributed by atoms with Crippen LogP contribution in [-0.4, -0.2) is 17.3 Å². The van der Waals surface area contributed by atoms with Gasteiger partial charge in [0.25, 0.3) is 0 Å². The van der Waals surface area contributed by atoms with Gasteiger partial charge >= 0.3 is 0 Å². The number of nitrogens with two attached hydrogens (primary N) is 1. The summed E-state index contributed by atoms with van der Waals surface area (Å²) in [6.07, 6.45) is 2.26. The second kappa shape index (κ2) is 4.42. The predicted molar refractivity (Wildman–Crippen MR) is 65.3 cm³/mol. The van der Waals surface area contributed by atoms with E-state index in [0.717, 1.165) is 24.2 Å². The van der Waals surface area contributed by atoms with Gasteiger partial charge in [-0.05, 0) is 18.9 Å². The molecule has 2 aromatic rings. The number of benzene rings is 1. The highest BCUT2D eigenvalue weighted by Gasteiger charge is 2.30. The van der Waals surface area contributed by atoms with Gasteiger partial charge in [0.2, 0.25) is 5.89 Å². The molecule has 1 atom stereocenters. The highest BCUT2D eigenvalue weighted by molar-refractivity contribution is 5.38. The monoisotopic (exact) mass is 245 g/mol. The molecule has 0 spiro atoms. The summed E-state index contributed by atoms with van der Waals surface area (Å²) in [5.74, 6) is 2.40. The minimum absolute atomic E-state index is 0.419. The number of methoxy groups -OCH3 is 1. The van der Waals surface area contributed by atoms with Gasteiger partial charge in [-0.25, -0.2) is 0 Å². The number of hydrogen-bond donors (Lipinski definition) is 1. The maximum absolute atomic E-state index is 6.16. The second-order valence-electron chi connectivity index (χ2n) is 4.48. The Hall–Kier alpha value is -1.88. The van der Waals surface area contributed by atoms with Crippen LogP contribution in [0.1, 0.15) is 42.1 Å². The fourth-order valence-corrected chi connectivity index (χ4v) is 1.93. The summed E-state index contributed by atoms with van der Waals surface area (Å²) in [4.78, 5) is 4.37. The van der Waals surface area contributed by atoms with Gasteiger partial charge in [0.1, 0.15) is 5.75 Å². The van der Waals surface area contributed by atoms with Crippen LogP contribution in [0.5, 0.6) is 5.75 Å². The molecule has 1 aliphatic carbocycles. The molecule has 1 heterocycles. The van der Waals surface area contributed by atoms with Crippen LogP contribution in [0, 0.1) is 0 Å². The normalized spacial score (nSPS) is 16.6. The summed E-state index contributed by atoms with van der Waals surface area (Å²) < 4.78 is 10.5. The predicted octanol–water partition coefficient (Wildman–Crippen LogP) is 2.00. The highest BCUT2D eigenvalue weighted by Crippen LogP contribution is 2.39. The number of ether oxygens (including phenoxy) is 1. The average molecular weight is 245 g/mol. The van der Waals surface area contributed by atoms with E-state index in [1.807, 2.05) is 24.3 Å². The second-order valence-corrected chi connectivity index (χ2v) is 4.48. The molecule has 5 heteroatoms. The van der Waals surface area contributed by atoms with Crippen LogP contribution < -0.4 is 10.5 Å². The molecular formula is C13H15N3O2. The van der Waals surface area contributed by atoms with E-state index in [9.17, 15) is 0 Å². The van der Waals surface area contributed by atoms with E-state index in [1.165, 1.54) is 0 Å². The Bertz CT molecular complexity index is 549. The lowest BCUT2D eigenvalue weighted by atomic mass is 10.1. The molecule has 0 saturated heterocycles. The van der Waals surface area contributed by atoms with Gasteiger partial charge < -0.3 is 15.0 Å². The van der Waals surface area contributed by atoms with E-state index in [-0.39, 0.29) is 0 Å². The first-order chi connectivity index (χ1) is 8.79. The number of para-hydroxylation sites is 1. The van der Waals surface area contributed by atoms with Crippen molar-refractivity contribution in [3.63, 3.8) is 0 Å². The summed E-state index contributed by atoms with van der Waals surface area (Å²) >= 11 is 0. The lowest BCUT2D eigenvalue weighted by molar-refractivity contribution is 0.371. The standard InChI is InChI=1S/C13H15N3O2/c1-17-10-5-3-2-4-9(10)11(14)12-15-13(18-16-12)8-6-7-8/h2-5,8,11H,6-7,14H2,1H3/t11-/m1/s1. The van der Waals surface area contributed by atoms with E-state index in [1.54, 1.807) is 7.11 Å². The number of aromatic nitrogens is 2. The van der Waals surface area contributed by atoms with E-state index >= 15 is 0 Å². The molecule has 1 aromatic carbocycles. The molecule has 0 bridgehead atoms. The van der Waals surface area contributed by atoms with Gasteiger partial charge in [-0.1, -0.05) is 23.4 Å². The zero-order valence-corrected chi connectivity index (χ0v) is 10.2. The Kier molecular flexibility index (Phi) is 2.76. The summed E-state index contributed by atoms with van der Waals surface area (Å²) in [7, 11) is 1.62. The van der Waals surface area contributed by atoms with Crippen LogP contribution in [0.25, 0.3) is 0 Å². The Labute approximate surface area is 105 Å². The molecule has 94 valence electrons. The van der Waals surface area contributed by atoms with Gasteiger partial charge in [0.05, 0.1) is 13.2 Å². The van der Waals surface area contributed by atoms with Gasteiger partial charge in [-0.3, -0.25) is 0 Å². The van der Waals surface area contributed by atoms with E-state index < -0.39 is 6.04 Å². The van der Waals surface area contributed by atoms with Crippen molar-refractivity contribution in [2.24, 2.45) is 5.73 Å². The first-order valence-electron chi connectivity index (χ1n) is 6.01. The molecule has 0 radical (unpaired) electrons. The van der Waals surface area contributed by atoms with Crippen molar-refractivity contribution in [3.05, 3.63) is 41.5 Å². The van der Waals surface area contributed by atoms with Crippen molar-refractivity contribution in [1.29, 1.82) is 0 Å². The Morgan fingerprint density at radius 1 is 1.39 bits per heavy atom. The SMILES string of the molecule is COc1ccccc1[C@@H](N)c1noc(C2CC2)n1. The largest absolute Gasteiger partial charge is 0.496 e. The van der Waals surface area contributed by atoms with E-state index in [4.69, 9.17) is 15.0 Å². The summed E-state index contributed by atoms with van der Waals surface area (Å²) in [5.41, 5.74) is 7.03. The van der Waals surface area contributed by atoms with Gasteiger partial charge in [0.15, 0.2) is 5.82 Å². The first-order valence-corrected chi connectivity index (χ1v) is 6.01. The smallest absolute Gasteiger partial charge is 0.229 e. The Morgan fingerprint density at radius 2 is 2.17 bits per heavy atom. The van der Waals surface area contributed by atoms with Crippen molar-refractivity contribution < 1.29 is 9.26 Å². The third kappa shape index (κ3) is 1.97. The lowest BCUT2D eigenvalue weighted by Crippen LogP contribution is -2.14. The molecule has 1 fully saturated rings. The molecule has 1 aliphatic rings. The topological polar surface area (TPSA) is 74.2 Å². The minimum Gasteiger partial charge on any atom is -0.496 e. The average Bonchev–Trinajstić information content (AvgIpc) is 3.16. The quantitative estimate of drug-likeness (QED) is 0.891. The van der Waals surface area contributed by atoms with Crippen LogP contribution in [0.4, 0.5) is 0 Å². The van der Waals surface area contributed by atoms with Crippen LogP contribution >= 0.6 is 0 Å². The molecule has 0 amide bonds. The van der Waals surface area contributed by atoms with Crippen LogP contribution in [0.3, 0.4) is 0 Å². The molecule has 2 N–H and O–H groups in total. The van der Waals surface area contributed by atoms with Crippen LogP contribution in [-0.2, 0) is 0 Å². The van der Waals surface area contributed by atoms with Gasteiger partial charge in [-0.2, -0.15) is 4.98 Å². The highest BCUT2D eigenvalue weighted by atomic mass is 16.5.